The summed E-state index contributed by atoms with van der Waals surface area (Å²) < 4.78 is 27.1. The third-order valence-electron chi connectivity index (χ3n) is 2.11. The van der Waals surface area contributed by atoms with E-state index in [1.807, 2.05) is 0 Å². The number of nitroso groups, excluding NO2 is 1. The highest BCUT2D eigenvalue weighted by atomic mass is 35.5. The molecule has 0 spiro atoms. The Morgan fingerprint density at radius 1 is 1.11 bits per heavy atom. The Morgan fingerprint density at radius 3 is 2.47 bits per heavy atom. The summed E-state index contributed by atoms with van der Waals surface area (Å²) in [6, 6.07) is 4.64. The zero-order valence-electron chi connectivity index (χ0n) is 10.3. The van der Waals surface area contributed by atoms with E-state index in [1.54, 1.807) is 12.1 Å². The van der Waals surface area contributed by atoms with Crippen LogP contribution in [0, 0.1) is 4.91 Å². The van der Waals surface area contributed by atoms with Crippen molar-refractivity contribution >= 4 is 17.3 Å². The molecule has 0 saturated heterocycles. The van der Waals surface area contributed by atoms with Crippen molar-refractivity contribution in [3.63, 3.8) is 0 Å². The summed E-state index contributed by atoms with van der Waals surface area (Å²) in [4.78, 5) is 10.4. The van der Waals surface area contributed by atoms with Gasteiger partial charge in [-0.2, -0.15) is 0 Å². The van der Waals surface area contributed by atoms with Crippen LogP contribution in [-0.2, 0) is 9.47 Å². The lowest BCUT2D eigenvalue weighted by Crippen LogP contribution is -2.11. The molecule has 1 rings (SSSR count). The number of nitrogens with zero attached hydrogens (tertiary/aromatic N) is 1. The van der Waals surface area contributed by atoms with Gasteiger partial charge in [0.25, 0.3) is 0 Å². The molecule has 0 aliphatic rings. The Balaban J connectivity index is 2.14. The molecule has 7 heteroatoms. The summed E-state index contributed by atoms with van der Waals surface area (Å²) >= 11 is 5.73. The second-order valence-corrected chi connectivity index (χ2v) is 3.87. The van der Waals surface area contributed by atoms with E-state index in [9.17, 15) is 9.30 Å². The zero-order valence-corrected chi connectivity index (χ0v) is 11.1. The van der Waals surface area contributed by atoms with E-state index >= 15 is 0 Å². The molecule has 0 fully saturated rings. The average Bonchev–Trinajstić information content (AvgIpc) is 2.43. The number of benzene rings is 1. The molecule has 0 N–H and O–H groups in total. The van der Waals surface area contributed by atoms with Crippen LogP contribution in [0.3, 0.4) is 0 Å². The fourth-order valence-corrected chi connectivity index (χ4v) is 1.40. The van der Waals surface area contributed by atoms with Crippen molar-refractivity contribution in [3.05, 3.63) is 28.1 Å². The van der Waals surface area contributed by atoms with E-state index in [0.29, 0.717) is 32.2 Å². The van der Waals surface area contributed by atoms with Crippen LogP contribution in [0.2, 0.25) is 5.02 Å². The molecule has 0 aliphatic carbocycles. The molecule has 1 aromatic carbocycles. The third kappa shape index (κ3) is 6.47. The van der Waals surface area contributed by atoms with E-state index in [1.165, 1.54) is 6.07 Å². The van der Waals surface area contributed by atoms with Gasteiger partial charge in [0.1, 0.15) is 24.7 Å². The summed E-state index contributed by atoms with van der Waals surface area (Å²) in [5.41, 5.74) is 0.139. The molecule has 106 valence electrons. The van der Waals surface area contributed by atoms with Crippen LogP contribution >= 0.6 is 11.6 Å². The van der Waals surface area contributed by atoms with E-state index in [0.717, 1.165) is 0 Å². The fourth-order valence-electron chi connectivity index (χ4n) is 1.25. The smallest absolute Gasteiger partial charge is 0.130 e. The first-order valence-corrected chi connectivity index (χ1v) is 6.13. The molecule has 0 radical (unpaired) electrons. The van der Waals surface area contributed by atoms with Gasteiger partial charge < -0.3 is 14.2 Å². The monoisotopic (exact) mass is 291 g/mol. The highest BCUT2D eigenvalue weighted by molar-refractivity contribution is 6.33. The Kier molecular flexibility index (Phi) is 8.04. The SMILES string of the molecule is O=Nc1cc(OCCOCCOCCF)ccc1Cl. The minimum atomic E-state index is -0.493. The van der Waals surface area contributed by atoms with Crippen molar-refractivity contribution in [1.82, 2.24) is 0 Å². The first kappa shape index (κ1) is 15.8. The molecule has 0 unspecified atom stereocenters. The highest BCUT2D eigenvalue weighted by Gasteiger charge is 2.02. The summed E-state index contributed by atoms with van der Waals surface area (Å²) in [5.74, 6) is 0.497. The van der Waals surface area contributed by atoms with Crippen molar-refractivity contribution in [3.8, 4) is 5.75 Å². The second kappa shape index (κ2) is 9.66. The number of ether oxygens (including phenoxy) is 3. The maximum Gasteiger partial charge on any atom is 0.130 e. The number of halogens is 2. The molecule has 0 atom stereocenters. The second-order valence-electron chi connectivity index (χ2n) is 3.47. The molecule has 0 amide bonds. The van der Waals surface area contributed by atoms with Crippen molar-refractivity contribution < 1.29 is 18.6 Å². The van der Waals surface area contributed by atoms with Gasteiger partial charge in [-0.3, -0.25) is 0 Å². The predicted octanol–water partition coefficient (Wildman–Crippen LogP) is 3.12. The Hall–Kier alpha value is -1.24. The normalized spacial score (nSPS) is 10.4. The Morgan fingerprint density at radius 2 is 1.79 bits per heavy atom. The first-order chi connectivity index (χ1) is 9.27. The minimum Gasteiger partial charge on any atom is -0.491 e. The molecule has 0 bridgehead atoms. The summed E-state index contributed by atoms with van der Waals surface area (Å²) in [5, 5.41) is 3.06. The lowest BCUT2D eigenvalue weighted by atomic mass is 10.3. The summed E-state index contributed by atoms with van der Waals surface area (Å²) in [7, 11) is 0. The van der Waals surface area contributed by atoms with Crippen molar-refractivity contribution in [2.24, 2.45) is 5.18 Å². The van der Waals surface area contributed by atoms with Crippen molar-refractivity contribution in [2.75, 3.05) is 39.7 Å². The van der Waals surface area contributed by atoms with Crippen molar-refractivity contribution in [2.45, 2.75) is 0 Å². The van der Waals surface area contributed by atoms with Gasteiger partial charge in [0.2, 0.25) is 0 Å². The van der Waals surface area contributed by atoms with Gasteiger partial charge in [0.15, 0.2) is 0 Å². The summed E-state index contributed by atoms with van der Waals surface area (Å²) in [6.07, 6.45) is 0. The number of hydrogen-bond acceptors (Lipinski definition) is 5. The van der Waals surface area contributed by atoms with Gasteiger partial charge in [0, 0.05) is 6.07 Å². The van der Waals surface area contributed by atoms with E-state index in [2.05, 4.69) is 5.18 Å². The first-order valence-electron chi connectivity index (χ1n) is 5.75. The van der Waals surface area contributed by atoms with Crippen LogP contribution in [0.5, 0.6) is 5.75 Å². The van der Waals surface area contributed by atoms with Gasteiger partial charge in [0.05, 0.1) is 31.5 Å². The van der Waals surface area contributed by atoms with Crippen LogP contribution < -0.4 is 4.74 Å². The zero-order chi connectivity index (χ0) is 13.9. The lowest BCUT2D eigenvalue weighted by Gasteiger charge is -2.08. The van der Waals surface area contributed by atoms with Gasteiger partial charge in [-0.05, 0) is 17.3 Å². The molecule has 0 aromatic heterocycles. The van der Waals surface area contributed by atoms with Gasteiger partial charge in [-0.15, -0.1) is 4.91 Å². The van der Waals surface area contributed by atoms with Gasteiger partial charge >= 0.3 is 0 Å². The molecular weight excluding hydrogens is 277 g/mol. The fraction of sp³-hybridized carbons (Fsp3) is 0.500. The van der Waals surface area contributed by atoms with Crippen LogP contribution in [0.15, 0.2) is 23.4 Å². The van der Waals surface area contributed by atoms with Crippen LogP contribution in [0.4, 0.5) is 10.1 Å². The van der Waals surface area contributed by atoms with E-state index in [-0.39, 0.29) is 17.3 Å². The van der Waals surface area contributed by atoms with Crippen molar-refractivity contribution in [1.29, 1.82) is 0 Å². The molecular formula is C12H15ClFNO4. The largest absolute Gasteiger partial charge is 0.491 e. The molecule has 19 heavy (non-hydrogen) atoms. The molecule has 1 aromatic rings. The third-order valence-corrected chi connectivity index (χ3v) is 2.43. The predicted molar refractivity (Wildman–Crippen MR) is 70.0 cm³/mol. The van der Waals surface area contributed by atoms with Gasteiger partial charge in [-0.1, -0.05) is 11.6 Å². The minimum absolute atomic E-state index is 0.0894. The average molecular weight is 292 g/mol. The van der Waals surface area contributed by atoms with Crippen LogP contribution in [0.1, 0.15) is 0 Å². The van der Waals surface area contributed by atoms with Crippen LogP contribution in [-0.4, -0.2) is 39.7 Å². The number of hydrogen-bond donors (Lipinski definition) is 0. The molecule has 0 saturated carbocycles. The molecule has 0 aliphatic heterocycles. The molecule has 5 nitrogen and oxygen atoms in total. The number of rotatable bonds is 10. The number of alkyl halides is 1. The topological polar surface area (TPSA) is 57.1 Å². The Labute approximate surface area is 115 Å². The lowest BCUT2D eigenvalue weighted by molar-refractivity contribution is 0.0325. The van der Waals surface area contributed by atoms with Crippen LogP contribution in [0.25, 0.3) is 0 Å². The van der Waals surface area contributed by atoms with Gasteiger partial charge in [-0.25, -0.2) is 4.39 Å². The maximum atomic E-state index is 11.7. The van der Waals surface area contributed by atoms with E-state index < -0.39 is 6.67 Å². The summed E-state index contributed by atoms with van der Waals surface area (Å²) in [6.45, 7) is 1.02. The Bertz CT molecular complexity index is 392. The highest BCUT2D eigenvalue weighted by Crippen LogP contribution is 2.28. The van der Waals surface area contributed by atoms with E-state index in [4.69, 9.17) is 25.8 Å². The maximum absolute atomic E-state index is 11.7. The standard InChI is InChI=1S/C12H15ClFNO4/c13-11-2-1-10(9-12(11)15-16)19-8-7-18-6-5-17-4-3-14/h1-2,9H,3-8H2. The molecule has 0 heterocycles. The quantitative estimate of drug-likeness (QED) is 0.491.